The number of rotatable bonds is 4. The summed E-state index contributed by atoms with van der Waals surface area (Å²) in [6.07, 6.45) is 0. The Morgan fingerprint density at radius 3 is 2.41 bits per heavy atom. The third kappa shape index (κ3) is 2.68. The molecule has 2 N–H and O–H groups in total. The molecule has 0 saturated carbocycles. The summed E-state index contributed by atoms with van der Waals surface area (Å²) >= 11 is 0. The predicted molar refractivity (Wildman–Crippen MR) is 101 cm³/mol. The second kappa shape index (κ2) is 7.08. The van der Waals surface area contributed by atoms with Crippen molar-refractivity contribution in [2.45, 2.75) is 18.5 Å². The number of amides is 2. The Labute approximate surface area is 167 Å². The molecule has 0 bridgehead atoms. The molecular formula is C22H22FN2O4+. The number of imide groups is 1. The fourth-order valence-electron chi connectivity index (χ4n) is 4.75. The molecule has 2 aromatic rings. The quantitative estimate of drug-likeness (QED) is 0.620. The van der Waals surface area contributed by atoms with Crippen molar-refractivity contribution in [1.29, 1.82) is 0 Å². The van der Waals surface area contributed by atoms with Crippen molar-refractivity contribution in [3.05, 3.63) is 71.5 Å². The van der Waals surface area contributed by atoms with Gasteiger partial charge in [0.1, 0.15) is 23.7 Å². The predicted octanol–water partition coefficient (Wildman–Crippen LogP) is 1.13. The monoisotopic (exact) mass is 397 g/mol. The van der Waals surface area contributed by atoms with Gasteiger partial charge >= 0.3 is 5.97 Å². The van der Waals surface area contributed by atoms with Gasteiger partial charge in [-0.05, 0) is 13.0 Å². The Morgan fingerprint density at radius 1 is 1.10 bits per heavy atom. The highest BCUT2D eigenvalue weighted by atomic mass is 19.1. The van der Waals surface area contributed by atoms with Crippen molar-refractivity contribution in [3.8, 4) is 0 Å². The zero-order valence-corrected chi connectivity index (χ0v) is 16.2. The van der Waals surface area contributed by atoms with Gasteiger partial charge in [-0.1, -0.05) is 48.5 Å². The molecule has 2 fully saturated rings. The highest BCUT2D eigenvalue weighted by Crippen LogP contribution is 2.48. The molecule has 0 aliphatic carbocycles. The van der Waals surface area contributed by atoms with E-state index in [1.165, 1.54) is 13.1 Å². The van der Waals surface area contributed by atoms with Crippen molar-refractivity contribution in [3.63, 3.8) is 0 Å². The van der Waals surface area contributed by atoms with Crippen LogP contribution in [-0.4, -0.2) is 36.3 Å². The number of halogens is 1. The number of benzene rings is 2. The fraction of sp³-hybridized carbons (Fsp3) is 0.318. The Morgan fingerprint density at radius 2 is 1.76 bits per heavy atom. The average molecular weight is 397 g/mol. The Kier molecular flexibility index (Phi) is 4.70. The lowest BCUT2D eigenvalue weighted by molar-refractivity contribution is -0.742. The van der Waals surface area contributed by atoms with Gasteiger partial charge in [-0.2, -0.15) is 0 Å². The largest absolute Gasteiger partial charge is 0.461 e. The third-order valence-corrected chi connectivity index (χ3v) is 6.02. The molecule has 2 aliphatic rings. The minimum absolute atomic E-state index is 0.126. The number of carbonyl (C=O) groups excluding carboxylic acids is 3. The van der Waals surface area contributed by atoms with Gasteiger partial charge in [0.2, 0.25) is 17.4 Å². The van der Waals surface area contributed by atoms with Crippen LogP contribution in [0.2, 0.25) is 0 Å². The molecule has 6 nitrogen and oxygen atoms in total. The number of nitrogens with two attached hydrogens (primary N) is 1. The smallest absolute Gasteiger partial charge is 0.373 e. The van der Waals surface area contributed by atoms with Crippen LogP contribution in [0.5, 0.6) is 0 Å². The number of esters is 1. The Hall–Kier alpha value is -3.06. The van der Waals surface area contributed by atoms with Crippen LogP contribution < -0.4 is 5.32 Å². The molecule has 2 amide bonds. The molecule has 7 heteroatoms. The summed E-state index contributed by atoms with van der Waals surface area (Å²) in [5, 5.41) is 1.65. The number of ether oxygens (including phenoxy) is 1. The standard InChI is InChI=1S/C22H21FN2O4/c1-3-29-21(28)22(13-9-5-4-6-10-13)17-16(19(26)25(2)20(17)27)18(24-22)14-11-7-8-12-15(14)23/h4-12,16-18,24H,3H2,1-2H3/p+1/t16-,17-,18-,22+/m0/s1. The first-order valence-corrected chi connectivity index (χ1v) is 9.58. The molecule has 0 spiro atoms. The van der Waals surface area contributed by atoms with Crippen LogP contribution in [-0.2, 0) is 24.7 Å². The minimum atomic E-state index is -1.47. The number of likely N-dealkylation sites (tertiary alicyclic amines) is 1. The summed E-state index contributed by atoms with van der Waals surface area (Å²) in [5.41, 5.74) is -0.614. The van der Waals surface area contributed by atoms with Gasteiger partial charge in [0, 0.05) is 18.2 Å². The summed E-state index contributed by atoms with van der Waals surface area (Å²) in [6, 6.07) is 14.2. The van der Waals surface area contributed by atoms with Gasteiger partial charge in [-0.25, -0.2) is 9.18 Å². The van der Waals surface area contributed by atoms with Gasteiger partial charge in [-0.15, -0.1) is 0 Å². The topological polar surface area (TPSA) is 80.3 Å². The van der Waals surface area contributed by atoms with Crippen molar-refractivity contribution in [2.75, 3.05) is 13.7 Å². The number of hydrogen-bond acceptors (Lipinski definition) is 4. The Bertz CT molecular complexity index is 980. The summed E-state index contributed by atoms with van der Waals surface area (Å²) in [4.78, 5) is 40.5. The van der Waals surface area contributed by atoms with Crippen LogP contribution in [0, 0.1) is 17.7 Å². The summed E-state index contributed by atoms with van der Waals surface area (Å²) in [7, 11) is 1.41. The zero-order chi connectivity index (χ0) is 20.8. The maximum atomic E-state index is 14.7. The van der Waals surface area contributed by atoms with E-state index >= 15 is 0 Å². The van der Waals surface area contributed by atoms with Crippen LogP contribution in [0.25, 0.3) is 0 Å². The van der Waals surface area contributed by atoms with Crippen molar-refractivity contribution >= 4 is 17.8 Å². The maximum Gasteiger partial charge on any atom is 0.373 e. The summed E-state index contributed by atoms with van der Waals surface area (Å²) in [5.74, 6) is -3.79. The van der Waals surface area contributed by atoms with Crippen molar-refractivity contribution in [2.24, 2.45) is 11.8 Å². The number of carbonyl (C=O) groups is 3. The molecule has 4 atom stereocenters. The molecule has 29 heavy (non-hydrogen) atoms. The molecule has 0 aromatic heterocycles. The molecule has 2 aromatic carbocycles. The van der Waals surface area contributed by atoms with Crippen molar-refractivity contribution < 1.29 is 28.8 Å². The van der Waals surface area contributed by atoms with Crippen LogP contribution in [0.1, 0.15) is 24.1 Å². The van der Waals surface area contributed by atoms with Crippen LogP contribution in [0.3, 0.4) is 0 Å². The summed E-state index contributed by atoms with van der Waals surface area (Å²) in [6.45, 7) is 1.81. The van der Waals surface area contributed by atoms with E-state index < -0.39 is 47.0 Å². The fourth-order valence-corrected chi connectivity index (χ4v) is 4.75. The van der Waals surface area contributed by atoms with E-state index in [0.29, 0.717) is 11.1 Å². The molecule has 2 saturated heterocycles. The second-order valence-corrected chi connectivity index (χ2v) is 7.41. The molecule has 4 rings (SSSR count). The highest BCUT2D eigenvalue weighted by molar-refractivity contribution is 6.08. The van der Waals surface area contributed by atoms with E-state index in [4.69, 9.17) is 4.74 Å². The number of hydrogen-bond donors (Lipinski definition) is 1. The number of fused-ring (bicyclic) bond motifs is 1. The van der Waals surface area contributed by atoms with E-state index in [0.717, 1.165) is 4.90 Å². The second-order valence-electron chi connectivity index (χ2n) is 7.41. The van der Waals surface area contributed by atoms with E-state index in [1.807, 2.05) is 0 Å². The van der Waals surface area contributed by atoms with Gasteiger partial charge in [-0.3, -0.25) is 14.5 Å². The van der Waals surface area contributed by atoms with Gasteiger partial charge in [0.25, 0.3) is 0 Å². The molecule has 0 unspecified atom stereocenters. The maximum absolute atomic E-state index is 14.7. The van der Waals surface area contributed by atoms with Crippen molar-refractivity contribution in [1.82, 2.24) is 4.90 Å². The molecule has 150 valence electrons. The van der Waals surface area contributed by atoms with Gasteiger partial charge in [0.05, 0.1) is 6.61 Å². The lowest BCUT2D eigenvalue weighted by Gasteiger charge is -2.29. The molecular weight excluding hydrogens is 375 g/mol. The lowest BCUT2D eigenvalue weighted by atomic mass is 9.75. The number of nitrogens with zero attached hydrogens (tertiary/aromatic N) is 1. The SMILES string of the molecule is CCOC(=O)[C@]1(c2ccccc2)[NH2+][C@@H](c2ccccc2F)[C@H]2C(=O)N(C)C(=O)[C@H]21. The Balaban J connectivity index is 1.96. The zero-order valence-electron chi connectivity index (χ0n) is 16.2. The number of quaternary nitrogens is 1. The molecule has 2 heterocycles. The summed E-state index contributed by atoms with van der Waals surface area (Å²) < 4.78 is 20.1. The van der Waals surface area contributed by atoms with E-state index in [1.54, 1.807) is 60.8 Å². The third-order valence-electron chi connectivity index (χ3n) is 6.02. The highest BCUT2D eigenvalue weighted by Gasteiger charge is 2.73. The average Bonchev–Trinajstić information content (AvgIpc) is 3.20. The first-order chi connectivity index (χ1) is 13.9. The van der Waals surface area contributed by atoms with Crippen LogP contribution >= 0.6 is 0 Å². The first-order valence-electron chi connectivity index (χ1n) is 9.58. The molecule has 2 aliphatic heterocycles. The first kappa shape index (κ1) is 19.3. The van der Waals surface area contributed by atoms with Gasteiger partial charge < -0.3 is 10.1 Å². The normalized spacial score (nSPS) is 28.5. The van der Waals surface area contributed by atoms with Crippen LogP contribution in [0.4, 0.5) is 4.39 Å². The molecule has 0 radical (unpaired) electrons. The van der Waals surface area contributed by atoms with Crippen LogP contribution in [0.15, 0.2) is 54.6 Å². The van der Waals surface area contributed by atoms with E-state index in [-0.39, 0.29) is 6.61 Å². The lowest BCUT2D eigenvalue weighted by Crippen LogP contribution is -2.96. The van der Waals surface area contributed by atoms with Gasteiger partial charge in [0.15, 0.2) is 0 Å². The minimum Gasteiger partial charge on any atom is -0.461 e. The van der Waals surface area contributed by atoms with E-state index in [2.05, 4.69) is 0 Å². The van der Waals surface area contributed by atoms with E-state index in [9.17, 15) is 18.8 Å².